The number of sulfonamides is 1. The molecule has 0 radical (unpaired) electrons. The predicted octanol–water partition coefficient (Wildman–Crippen LogP) is 4.16. The number of rotatable bonds is 7. The SMILES string of the molecule is CCN(CC)c1ccc(NC(=O)c2cc(S(=O)(=O)N3CCC(C)CC3)c(C)n2C)c(C)c1. The summed E-state index contributed by atoms with van der Waals surface area (Å²) in [6.07, 6.45) is 1.72. The van der Waals surface area contributed by atoms with Crippen molar-refractivity contribution in [2.75, 3.05) is 36.4 Å². The summed E-state index contributed by atoms with van der Waals surface area (Å²) in [6, 6.07) is 7.48. The Hall–Kier alpha value is -2.32. The molecule has 3 rings (SSSR count). The van der Waals surface area contributed by atoms with Gasteiger partial charge in [0, 0.05) is 50.3 Å². The highest BCUT2D eigenvalue weighted by atomic mass is 32.2. The van der Waals surface area contributed by atoms with Crippen molar-refractivity contribution in [2.24, 2.45) is 13.0 Å². The van der Waals surface area contributed by atoms with E-state index in [4.69, 9.17) is 0 Å². The molecule has 32 heavy (non-hydrogen) atoms. The molecular weight excluding hydrogens is 424 g/mol. The quantitative estimate of drug-likeness (QED) is 0.673. The van der Waals surface area contributed by atoms with Gasteiger partial charge in [-0.05, 0) is 76.3 Å². The van der Waals surface area contributed by atoms with Gasteiger partial charge in [0.15, 0.2) is 0 Å². The number of aryl methyl sites for hydroxylation is 1. The van der Waals surface area contributed by atoms with Crippen molar-refractivity contribution < 1.29 is 13.2 Å². The van der Waals surface area contributed by atoms with Gasteiger partial charge in [-0.15, -0.1) is 0 Å². The van der Waals surface area contributed by atoms with Crippen LogP contribution in [0, 0.1) is 19.8 Å². The van der Waals surface area contributed by atoms with Crippen molar-refractivity contribution in [2.45, 2.75) is 52.4 Å². The second kappa shape index (κ2) is 9.67. The molecule has 2 heterocycles. The first-order chi connectivity index (χ1) is 15.1. The van der Waals surface area contributed by atoms with Crippen LogP contribution in [0.3, 0.4) is 0 Å². The summed E-state index contributed by atoms with van der Waals surface area (Å²) < 4.78 is 29.7. The molecule has 1 aromatic carbocycles. The molecule has 1 N–H and O–H groups in total. The molecule has 0 atom stereocenters. The van der Waals surface area contributed by atoms with Gasteiger partial charge < -0.3 is 14.8 Å². The summed E-state index contributed by atoms with van der Waals surface area (Å²) in [4.78, 5) is 15.5. The fraction of sp³-hybridized carbons (Fsp3) is 0.542. The van der Waals surface area contributed by atoms with E-state index in [1.165, 1.54) is 6.07 Å². The first-order valence-corrected chi connectivity index (χ1v) is 12.9. The number of carbonyl (C=O) groups is 1. The number of hydrogen-bond acceptors (Lipinski definition) is 4. The van der Waals surface area contributed by atoms with Crippen molar-refractivity contribution in [1.29, 1.82) is 0 Å². The predicted molar refractivity (Wildman–Crippen MR) is 130 cm³/mol. The van der Waals surface area contributed by atoms with Crippen molar-refractivity contribution in [1.82, 2.24) is 8.87 Å². The van der Waals surface area contributed by atoms with Crippen LogP contribution in [0.5, 0.6) is 0 Å². The van der Waals surface area contributed by atoms with Crippen molar-refractivity contribution in [3.63, 3.8) is 0 Å². The highest BCUT2D eigenvalue weighted by Crippen LogP contribution is 2.28. The van der Waals surface area contributed by atoms with Gasteiger partial charge in [-0.25, -0.2) is 8.42 Å². The lowest BCUT2D eigenvalue weighted by Gasteiger charge is -2.29. The maximum Gasteiger partial charge on any atom is 0.272 e. The maximum absolute atomic E-state index is 13.2. The molecule has 0 spiro atoms. The zero-order valence-electron chi connectivity index (χ0n) is 20.1. The second-order valence-corrected chi connectivity index (χ2v) is 10.7. The van der Waals surface area contributed by atoms with Gasteiger partial charge in [-0.3, -0.25) is 4.79 Å². The smallest absolute Gasteiger partial charge is 0.272 e. The molecule has 8 heteroatoms. The molecule has 0 unspecified atom stereocenters. The van der Waals surface area contributed by atoms with Gasteiger partial charge in [-0.1, -0.05) is 6.92 Å². The molecule has 0 saturated carbocycles. The number of nitrogens with one attached hydrogen (secondary N) is 1. The molecule has 7 nitrogen and oxygen atoms in total. The summed E-state index contributed by atoms with van der Waals surface area (Å²) in [5.41, 5.74) is 3.70. The number of benzene rings is 1. The molecule has 1 aromatic heterocycles. The van der Waals surface area contributed by atoms with Crippen molar-refractivity contribution in [3.05, 3.63) is 41.2 Å². The third kappa shape index (κ3) is 4.71. The monoisotopic (exact) mass is 460 g/mol. The lowest BCUT2D eigenvalue weighted by molar-refractivity contribution is 0.101. The van der Waals surface area contributed by atoms with Crippen LogP contribution in [0.1, 0.15) is 55.4 Å². The van der Waals surface area contributed by atoms with Crippen LogP contribution in [-0.4, -0.2) is 49.4 Å². The van der Waals surface area contributed by atoms with Crippen LogP contribution in [0.2, 0.25) is 0 Å². The largest absolute Gasteiger partial charge is 0.372 e. The molecular formula is C24H36N4O3S. The number of amides is 1. The number of aromatic nitrogens is 1. The maximum atomic E-state index is 13.2. The molecule has 1 amide bonds. The molecule has 1 aliphatic rings. The standard InChI is InChI=1S/C24H36N4O3S/c1-7-27(8-2)20-9-10-21(18(4)15-20)25-24(29)22-16-23(19(5)26(22)6)32(30,31)28-13-11-17(3)12-14-28/h9-10,15-17H,7-8,11-14H2,1-6H3,(H,25,29). The normalized spacial score (nSPS) is 15.7. The number of anilines is 2. The van der Waals surface area contributed by atoms with Crippen LogP contribution >= 0.6 is 0 Å². The van der Waals surface area contributed by atoms with Crippen molar-refractivity contribution in [3.8, 4) is 0 Å². The van der Waals surface area contributed by atoms with Gasteiger partial charge in [0.2, 0.25) is 10.0 Å². The summed E-state index contributed by atoms with van der Waals surface area (Å²) in [7, 11) is -1.89. The Morgan fingerprint density at radius 1 is 1.12 bits per heavy atom. The van der Waals surface area contributed by atoms with E-state index < -0.39 is 10.0 Å². The van der Waals surface area contributed by atoms with Gasteiger partial charge in [0.25, 0.3) is 5.91 Å². The third-order valence-corrected chi connectivity index (χ3v) is 8.68. The van der Waals surface area contributed by atoms with Gasteiger partial charge in [0.05, 0.1) is 0 Å². The molecule has 0 bridgehead atoms. The Morgan fingerprint density at radius 3 is 2.31 bits per heavy atom. The van der Waals surface area contributed by atoms with E-state index in [1.54, 1.807) is 22.8 Å². The number of piperidine rings is 1. The van der Waals surface area contributed by atoms with E-state index in [2.05, 4.69) is 37.1 Å². The number of hydrogen-bond donors (Lipinski definition) is 1. The van der Waals surface area contributed by atoms with Crippen LogP contribution in [0.15, 0.2) is 29.2 Å². The Balaban J connectivity index is 1.84. The molecule has 1 aliphatic heterocycles. The van der Waals surface area contributed by atoms with Crippen LogP contribution in [-0.2, 0) is 17.1 Å². The van der Waals surface area contributed by atoms with Gasteiger partial charge >= 0.3 is 0 Å². The zero-order valence-corrected chi connectivity index (χ0v) is 20.9. The minimum absolute atomic E-state index is 0.216. The van der Waals surface area contributed by atoms with Crippen molar-refractivity contribution >= 4 is 27.3 Å². The lowest BCUT2D eigenvalue weighted by Crippen LogP contribution is -2.38. The highest BCUT2D eigenvalue weighted by Gasteiger charge is 2.32. The van der Waals surface area contributed by atoms with Gasteiger partial charge in [-0.2, -0.15) is 4.31 Å². The zero-order chi connectivity index (χ0) is 23.6. The first-order valence-electron chi connectivity index (χ1n) is 11.4. The Bertz CT molecular complexity index is 1080. The van der Waals surface area contributed by atoms with E-state index >= 15 is 0 Å². The fourth-order valence-corrected chi connectivity index (χ4v) is 6.02. The average molecular weight is 461 g/mol. The molecule has 2 aromatic rings. The molecule has 0 aliphatic carbocycles. The van der Waals surface area contributed by atoms with E-state index in [-0.39, 0.29) is 10.8 Å². The highest BCUT2D eigenvalue weighted by molar-refractivity contribution is 7.89. The minimum Gasteiger partial charge on any atom is -0.372 e. The Kier molecular flexibility index (Phi) is 7.35. The summed E-state index contributed by atoms with van der Waals surface area (Å²) in [5, 5.41) is 2.96. The Morgan fingerprint density at radius 2 is 1.75 bits per heavy atom. The molecule has 176 valence electrons. The van der Waals surface area contributed by atoms with Crippen LogP contribution < -0.4 is 10.2 Å². The topological polar surface area (TPSA) is 74.7 Å². The average Bonchev–Trinajstić information content (AvgIpc) is 3.06. The van der Waals surface area contributed by atoms with Gasteiger partial charge in [0.1, 0.15) is 10.6 Å². The minimum atomic E-state index is -3.63. The number of nitrogens with zero attached hydrogens (tertiary/aromatic N) is 3. The van der Waals surface area contributed by atoms with E-state index in [0.717, 1.165) is 42.9 Å². The van der Waals surface area contributed by atoms with Crippen LogP contribution in [0.25, 0.3) is 0 Å². The molecule has 1 saturated heterocycles. The van der Waals surface area contributed by atoms with E-state index in [1.807, 2.05) is 19.1 Å². The number of carbonyl (C=O) groups excluding carboxylic acids is 1. The second-order valence-electron chi connectivity index (χ2n) is 8.75. The summed E-state index contributed by atoms with van der Waals surface area (Å²) in [5.74, 6) is 0.221. The summed E-state index contributed by atoms with van der Waals surface area (Å²) >= 11 is 0. The lowest BCUT2D eigenvalue weighted by atomic mass is 10.0. The third-order valence-electron chi connectivity index (χ3n) is 6.67. The van der Waals surface area contributed by atoms with E-state index in [0.29, 0.717) is 30.4 Å². The first kappa shape index (κ1) is 24.3. The Labute approximate surface area is 192 Å². The summed E-state index contributed by atoms with van der Waals surface area (Å²) in [6.45, 7) is 13.0. The fourth-order valence-electron chi connectivity index (χ4n) is 4.27. The van der Waals surface area contributed by atoms with E-state index in [9.17, 15) is 13.2 Å². The molecule has 1 fully saturated rings. The van der Waals surface area contributed by atoms with Crippen LogP contribution in [0.4, 0.5) is 11.4 Å².